The number of benzene rings is 1. The topological polar surface area (TPSA) is 35.6 Å². The van der Waals surface area contributed by atoms with Crippen molar-refractivity contribution in [3.05, 3.63) is 30.1 Å². The Morgan fingerprint density at radius 1 is 1.24 bits per heavy atom. The summed E-state index contributed by atoms with van der Waals surface area (Å²) in [6.07, 6.45) is 9.55. The van der Waals surface area contributed by atoms with Crippen LogP contribution in [0.1, 0.15) is 25.7 Å². The molecule has 1 N–H and O–H groups in total. The van der Waals surface area contributed by atoms with Gasteiger partial charge in [0.25, 0.3) is 0 Å². The number of nitrogens with zero attached hydrogens (tertiary/aromatic N) is 2. The first-order valence-corrected chi connectivity index (χ1v) is 9.13. The van der Waals surface area contributed by atoms with Gasteiger partial charge in [-0.25, -0.2) is 4.39 Å². The molecule has 0 saturated carbocycles. The molecule has 0 bridgehead atoms. The van der Waals surface area contributed by atoms with Crippen LogP contribution in [0.5, 0.6) is 0 Å². The van der Waals surface area contributed by atoms with Crippen molar-refractivity contribution in [2.45, 2.75) is 31.7 Å². The van der Waals surface area contributed by atoms with Gasteiger partial charge < -0.3 is 10.2 Å². The number of rotatable bonds is 5. The van der Waals surface area contributed by atoms with Crippen LogP contribution in [0.2, 0.25) is 0 Å². The number of hydrogen-bond donors (Lipinski definition) is 1. The Kier molecular flexibility index (Phi) is 5.93. The van der Waals surface area contributed by atoms with Gasteiger partial charge in [-0.05, 0) is 56.0 Å². The predicted octanol–water partition coefficient (Wildman–Crippen LogP) is 2.26. The first-order valence-electron chi connectivity index (χ1n) is 9.13. The molecule has 25 heavy (non-hydrogen) atoms. The van der Waals surface area contributed by atoms with Crippen molar-refractivity contribution in [2.24, 2.45) is 5.92 Å². The van der Waals surface area contributed by atoms with E-state index < -0.39 is 0 Å². The monoisotopic (exact) mass is 343 g/mol. The number of amides is 1. The molecule has 0 unspecified atom stereocenters. The van der Waals surface area contributed by atoms with Gasteiger partial charge in [-0.1, -0.05) is 12.3 Å². The van der Waals surface area contributed by atoms with Crippen LogP contribution in [-0.2, 0) is 4.79 Å². The molecule has 2 fully saturated rings. The normalized spacial score (nSPS) is 24.1. The molecule has 5 heteroatoms. The number of halogens is 1. The summed E-state index contributed by atoms with van der Waals surface area (Å²) in [4.78, 5) is 16.9. The summed E-state index contributed by atoms with van der Waals surface area (Å²) in [5, 5.41) is 3.13. The minimum atomic E-state index is -0.212. The number of hydrogen-bond acceptors (Lipinski definition) is 3. The highest BCUT2D eigenvalue weighted by Gasteiger charge is 2.29. The molecule has 3 rings (SSSR count). The predicted molar refractivity (Wildman–Crippen MR) is 97.8 cm³/mol. The molecule has 0 spiro atoms. The molecule has 2 saturated heterocycles. The number of likely N-dealkylation sites (tertiary alicyclic amines) is 1. The summed E-state index contributed by atoms with van der Waals surface area (Å²) < 4.78 is 13.0. The lowest BCUT2D eigenvalue weighted by molar-refractivity contribution is -0.127. The SMILES string of the molecule is C#CCN1CCCC[C@H]1C(=O)NC[C@H]1CCN(c2ccc(F)cc2)C1. The van der Waals surface area contributed by atoms with E-state index in [4.69, 9.17) is 6.42 Å². The maximum absolute atomic E-state index is 13.0. The van der Waals surface area contributed by atoms with Gasteiger partial charge in [0.15, 0.2) is 0 Å². The fraction of sp³-hybridized carbons (Fsp3) is 0.550. The van der Waals surface area contributed by atoms with E-state index in [1.54, 1.807) is 0 Å². The minimum absolute atomic E-state index is 0.0839. The molecular weight excluding hydrogens is 317 g/mol. The third-order valence-electron chi connectivity index (χ3n) is 5.25. The van der Waals surface area contributed by atoms with Crippen molar-refractivity contribution < 1.29 is 9.18 Å². The highest BCUT2D eigenvalue weighted by atomic mass is 19.1. The number of anilines is 1. The zero-order valence-corrected chi connectivity index (χ0v) is 14.6. The van der Waals surface area contributed by atoms with Crippen LogP contribution in [0, 0.1) is 24.1 Å². The number of piperidine rings is 1. The molecule has 2 heterocycles. The van der Waals surface area contributed by atoms with E-state index >= 15 is 0 Å². The van der Waals surface area contributed by atoms with Crippen LogP contribution in [-0.4, -0.2) is 49.6 Å². The van der Waals surface area contributed by atoms with Gasteiger partial charge in [-0.15, -0.1) is 6.42 Å². The Hall–Kier alpha value is -2.06. The van der Waals surface area contributed by atoms with Crippen molar-refractivity contribution in [3.8, 4) is 12.3 Å². The van der Waals surface area contributed by atoms with Crippen molar-refractivity contribution >= 4 is 11.6 Å². The van der Waals surface area contributed by atoms with E-state index in [9.17, 15) is 9.18 Å². The summed E-state index contributed by atoms with van der Waals surface area (Å²) in [5.41, 5.74) is 1.04. The Balaban J connectivity index is 1.48. The van der Waals surface area contributed by atoms with Crippen LogP contribution in [0.3, 0.4) is 0 Å². The third-order valence-corrected chi connectivity index (χ3v) is 5.25. The molecule has 0 radical (unpaired) electrons. The molecule has 2 aliphatic heterocycles. The van der Waals surface area contributed by atoms with Gasteiger partial charge in [0.2, 0.25) is 5.91 Å². The average molecular weight is 343 g/mol. The molecule has 1 aromatic carbocycles. The highest BCUT2D eigenvalue weighted by molar-refractivity contribution is 5.81. The lowest BCUT2D eigenvalue weighted by Crippen LogP contribution is -2.50. The Morgan fingerprint density at radius 2 is 2.04 bits per heavy atom. The van der Waals surface area contributed by atoms with Gasteiger partial charge >= 0.3 is 0 Å². The van der Waals surface area contributed by atoms with Crippen LogP contribution in [0.15, 0.2) is 24.3 Å². The van der Waals surface area contributed by atoms with Crippen molar-refractivity contribution in [2.75, 3.05) is 37.6 Å². The van der Waals surface area contributed by atoms with E-state index in [0.29, 0.717) is 19.0 Å². The molecule has 1 amide bonds. The largest absolute Gasteiger partial charge is 0.371 e. The average Bonchev–Trinajstić information content (AvgIpc) is 3.10. The number of nitrogens with one attached hydrogen (secondary N) is 1. The van der Waals surface area contributed by atoms with E-state index in [1.807, 2.05) is 12.1 Å². The zero-order chi connectivity index (χ0) is 17.6. The molecule has 1 aromatic rings. The first kappa shape index (κ1) is 17.8. The molecule has 0 aliphatic carbocycles. The lowest BCUT2D eigenvalue weighted by Gasteiger charge is -2.33. The summed E-state index contributed by atoms with van der Waals surface area (Å²) >= 11 is 0. The van der Waals surface area contributed by atoms with Gasteiger partial charge in [0, 0.05) is 25.3 Å². The smallest absolute Gasteiger partial charge is 0.237 e. The van der Waals surface area contributed by atoms with E-state index in [-0.39, 0.29) is 17.8 Å². The summed E-state index contributed by atoms with van der Waals surface area (Å²) in [6, 6.07) is 6.53. The zero-order valence-electron chi connectivity index (χ0n) is 14.6. The minimum Gasteiger partial charge on any atom is -0.371 e. The van der Waals surface area contributed by atoms with E-state index in [0.717, 1.165) is 51.0 Å². The second-order valence-corrected chi connectivity index (χ2v) is 7.01. The fourth-order valence-corrected chi connectivity index (χ4v) is 3.84. The van der Waals surface area contributed by atoms with Crippen LogP contribution >= 0.6 is 0 Å². The number of terminal acetylenes is 1. The molecule has 2 atom stereocenters. The Morgan fingerprint density at radius 3 is 2.80 bits per heavy atom. The van der Waals surface area contributed by atoms with E-state index in [2.05, 4.69) is 21.0 Å². The van der Waals surface area contributed by atoms with Gasteiger partial charge in [-0.2, -0.15) is 0 Å². The van der Waals surface area contributed by atoms with Gasteiger partial charge in [0.1, 0.15) is 5.82 Å². The molecule has 134 valence electrons. The maximum Gasteiger partial charge on any atom is 0.237 e. The molecule has 4 nitrogen and oxygen atoms in total. The van der Waals surface area contributed by atoms with Crippen molar-refractivity contribution in [3.63, 3.8) is 0 Å². The number of carbonyl (C=O) groups excluding carboxylic acids is 1. The summed E-state index contributed by atoms with van der Waals surface area (Å²) in [7, 11) is 0. The van der Waals surface area contributed by atoms with Crippen LogP contribution in [0.4, 0.5) is 10.1 Å². The van der Waals surface area contributed by atoms with Crippen molar-refractivity contribution in [1.29, 1.82) is 0 Å². The second kappa shape index (κ2) is 8.35. The Bertz CT molecular complexity index is 625. The van der Waals surface area contributed by atoms with Crippen molar-refractivity contribution in [1.82, 2.24) is 10.2 Å². The molecular formula is C20H26FN3O. The van der Waals surface area contributed by atoms with Crippen LogP contribution < -0.4 is 10.2 Å². The van der Waals surface area contributed by atoms with Gasteiger partial charge in [-0.3, -0.25) is 9.69 Å². The standard InChI is InChI=1S/C20H26FN3O/c1-2-11-23-12-4-3-5-19(23)20(25)22-14-16-10-13-24(15-16)18-8-6-17(21)7-9-18/h1,6-9,16,19H,3-5,10-15H2,(H,22,25)/t16-,19+/m1/s1. The lowest BCUT2D eigenvalue weighted by atomic mass is 10.0. The molecule has 0 aromatic heterocycles. The summed E-state index contributed by atoms with van der Waals surface area (Å²) in [6.45, 7) is 3.98. The highest BCUT2D eigenvalue weighted by Crippen LogP contribution is 2.24. The quantitative estimate of drug-likeness (QED) is 0.833. The summed E-state index contributed by atoms with van der Waals surface area (Å²) in [5.74, 6) is 2.98. The third kappa shape index (κ3) is 4.52. The molecule has 2 aliphatic rings. The fourth-order valence-electron chi connectivity index (χ4n) is 3.84. The first-order chi connectivity index (χ1) is 12.2. The van der Waals surface area contributed by atoms with Gasteiger partial charge in [0.05, 0.1) is 12.6 Å². The van der Waals surface area contributed by atoms with Crippen LogP contribution in [0.25, 0.3) is 0 Å². The Labute approximate surface area is 149 Å². The number of carbonyl (C=O) groups is 1. The maximum atomic E-state index is 13.0. The van der Waals surface area contributed by atoms with E-state index in [1.165, 1.54) is 12.1 Å². The second-order valence-electron chi connectivity index (χ2n) is 7.01.